The minimum absolute atomic E-state index is 0.692. The number of hydrogen-bond acceptors (Lipinski definition) is 3. The Kier molecular flexibility index (Phi) is 6.03. The second kappa shape index (κ2) is 7.56. The van der Waals surface area contributed by atoms with Crippen LogP contribution in [0.5, 0.6) is 0 Å². The molecule has 1 saturated carbocycles. The van der Waals surface area contributed by atoms with Gasteiger partial charge in [0.05, 0.1) is 10.7 Å². The average Bonchev–Trinajstić information content (AvgIpc) is 3.02. The van der Waals surface area contributed by atoms with E-state index in [1.54, 1.807) is 0 Å². The first-order valence-corrected chi connectivity index (χ1v) is 9.14. The Labute approximate surface area is 128 Å². The summed E-state index contributed by atoms with van der Waals surface area (Å²) in [6.45, 7) is 11.1. The number of rotatable bonds is 7. The van der Waals surface area contributed by atoms with Crippen LogP contribution >= 0.6 is 11.3 Å². The molecule has 2 unspecified atom stereocenters. The number of nitrogens with one attached hydrogen (secondary N) is 1. The first kappa shape index (κ1) is 16.0. The van der Waals surface area contributed by atoms with Gasteiger partial charge in [-0.1, -0.05) is 34.1 Å². The molecule has 2 nitrogen and oxygen atoms in total. The highest BCUT2D eigenvalue weighted by Gasteiger charge is 2.28. The van der Waals surface area contributed by atoms with Crippen LogP contribution in [-0.4, -0.2) is 11.5 Å². The summed E-state index contributed by atoms with van der Waals surface area (Å²) >= 11 is 1.98. The first-order valence-electron chi connectivity index (χ1n) is 8.33. The highest BCUT2D eigenvalue weighted by molar-refractivity contribution is 7.11. The van der Waals surface area contributed by atoms with Gasteiger partial charge in [-0.25, -0.2) is 4.98 Å². The number of aromatic nitrogens is 1. The van der Waals surface area contributed by atoms with Crippen molar-refractivity contribution in [3.05, 3.63) is 15.6 Å². The summed E-state index contributed by atoms with van der Waals surface area (Å²) in [7, 11) is 0. The summed E-state index contributed by atoms with van der Waals surface area (Å²) < 4.78 is 0. The van der Waals surface area contributed by atoms with E-state index < -0.39 is 0 Å². The molecule has 2 rings (SSSR count). The molecule has 1 aromatic rings. The minimum atomic E-state index is 0.692. The molecule has 3 heteroatoms. The highest BCUT2D eigenvalue weighted by atomic mass is 32.1. The molecule has 1 aliphatic rings. The smallest absolute Gasteiger partial charge is 0.0962 e. The molecule has 0 bridgehead atoms. The van der Waals surface area contributed by atoms with Gasteiger partial charge in [0.2, 0.25) is 0 Å². The molecular formula is C17H30N2S. The third-order valence-electron chi connectivity index (χ3n) is 4.40. The van der Waals surface area contributed by atoms with Crippen molar-refractivity contribution in [2.75, 3.05) is 6.54 Å². The van der Waals surface area contributed by atoms with E-state index in [0.29, 0.717) is 5.92 Å². The average molecular weight is 295 g/mol. The molecule has 0 amide bonds. The number of nitrogens with zero attached hydrogens (tertiary/aromatic N) is 1. The zero-order chi connectivity index (χ0) is 14.5. The van der Waals surface area contributed by atoms with Gasteiger partial charge >= 0.3 is 0 Å². The second-order valence-corrected chi connectivity index (χ2v) is 7.70. The van der Waals surface area contributed by atoms with Crippen LogP contribution in [0.25, 0.3) is 0 Å². The minimum Gasteiger partial charge on any atom is -0.312 e. The lowest BCUT2D eigenvalue weighted by atomic mass is 10.0. The van der Waals surface area contributed by atoms with Crippen LogP contribution < -0.4 is 5.32 Å². The summed E-state index contributed by atoms with van der Waals surface area (Å²) in [5, 5.41) is 4.89. The van der Waals surface area contributed by atoms with E-state index in [-0.39, 0.29) is 0 Å². The molecule has 0 spiro atoms. The summed E-state index contributed by atoms with van der Waals surface area (Å²) in [6, 6.07) is 0. The molecular weight excluding hydrogens is 264 g/mol. The molecule has 0 radical (unpaired) electrons. The molecule has 0 aromatic carbocycles. The molecule has 0 saturated heterocycles. The topological polar surface area (TPSA) is 24.9 Å². The fourth-order valence-electron chi connectivity index (χ4n) is 3.17. The van der Waals surface area contributed by atoms with Crippen LogP contribution in [0.2, 0.25) is 0 Å². The van der Waals surface area contributed by atoms with E-state index in [4.69, 9.17) is 4.98 Å². The van der Waals surface area contributed by atoms with Crippen molar-refractivity contribution >= 4 is 11.3 Å². The zero-order valence-corrected chi connectivity index (χ0v) is 14.4. The van der Waals surface area contributed by atoms with Crippen molar-refractivity contribution in [2.45, 2.75) is 72.3 Å². The Balaban J connectivity index is 2.11. The predicted octanol–water partition coefficient (Wildman–Crippen LogP) is 4.74. The van der Waals surface area contributed by atoms with E-state index in [0.717, 1.165) is 31.3 Å². The Morgan fingerprint density at radius 2 is 2.10 bits per heavy atom. The van der Waals surface area contributed by atoms with Crippen LogP contribution in [0, 0.1) is 11.8 Å². The fourth-order valence-corrected chi connectivity index (χ4v) is 4.38. The quantitative estimate of drug-likeness (QED) is 0.785. The molecule has 1 N–H and O–H groups in total. The van der Waals surface area contributed by atoms with Gasteiger partial charge in [0, 0.05) is 17.3 Å². The van der Waals surface area contributed by atoms with Gasteiger partial charge in [-0.05, 0) is 44.1 Å². The lowest BCUT2D eigenvalue weighted by Gasteiger charge is -2.06. The van der Waals surface area contributed by atoms with E-state index in [1.165, 1.54) is 41.3 Å². The van der Waals surface area contributed by atoms with Crippen molar-refractivity contribution in [2.24, 2.45) is 11.8 Å². The van der Waals surface area contributed by atoms with Gasteiger partial charge in [0.1, 0.15) is 0 Å². The predicted molar refractivity (Wildman–Crippen MR) is 88.4 cm³/mol. The molecule has 114 valence electrons. The molecule has 1 aliphatic carbocycles. The van der Waals surface area contributed by atoms with Gasteiger partial charge in [-0.3, -0.25) is 0 Å². The fraction of sp³-hybridized carbons (Fsp3) is 0.824. The maximum absolute atomic E-state index is 5.03. The first-order chi connectivity index (χ1) is 9.63. The molecule has 2 atom stereocenters. The van der Waals surface area contributed by atoms with Gasteiger partial charge in [0.25, 0.3) is 0 Å². The van der Waals surface area contributed by atoms with E-state index in [9.17, 15) is 0 Å². The van der Waals surface area contributed by atoms with E-state index >= 15 is 0 Å². The normalized spacial score (nSPS) is 22.9. The Morgan fingerprint density at radius 3 is 2.70 bits per heavy atom. The monoisotopic (exact) mass is 294 g/mol. The molecule has 1 fully saturated rings. The summed E-state index contributed by atoms with van der Waals surface area (Å²) in [5.74, 6) is 2.37. The number of hydrogen-bond donors (Lipinski definition) is 1. The summed E-state index contributed by atoms with van der Waals surface area (Å²) in [4.78, 5) is 6.51. The molecule has 0 aliphatic heterocycles. The van der Waals surface area contributed by atoms with E-state index in [1.807, 2.05) is 11.3 Å². The van der Waals surface area contributed by atoms with Crippen LogP contribution in [-0.2, 0) is 13.0 Å². The third-order valence-corrected chi connectivity index (χ3v) is 5.66. The maximum atomic E-state index is 5.03. The largest absolute Gasteiger partial charge is 0.312 e. The van der Waals surface area contributed by atoms with Crippen molar-refractivity contribution in [3.8, 4) is 0 Å². The van der Waals surface area contributed by atoms with Crippen molar-refractivity contribution < 1.29 is 0 Å². The lowest BCUT2D eigenvalue weighted by Crippen LogP contribution is -2.12. The van der Waals surface area contributed by atoms with Crippen LogP contribution in [0.3, 0.4) is 0 Å². The summed E-state index contributed by atoms with van der Waals surface area (Å²) in [6.07, 6.45) is 6.59. The Hall–Kier alpha value is -0.410. The maximum Gasteiger partial charge on any atom is 0.0962 e. The zero-order valence-electron chi connectivity index (χ0n) is 13.5. The SMILES string of the molecule is CCNCc1sc(C2CCC(CC)C2)nc1CC(C)C. The number of thiazole rings is 1. The van der Waals surface area contributed by atoms with Crippen LogP contribution in [0.4, 0.5) is 0 Å². The lowest BCUT2D eigenvalue weighted by molar-refractivity contribution is 0.520. The highest BCUT2D eigenvalue weighted by Crippen LogP contribution is 2.41. The van der Waals surface area contributed by atoms with Gasteiger partial charge in [-0.15, -0.1) is 11.3 Å². The van der Waals surface area contributed by atoms with Crippen LogP contribution in [0.15, 0.2) is 0 Å². The van der Waals surface area contributed by atoms with Gasteiger partial charge < -0.3 is 5.32 Å². The Bertz CT molecular complexity index is 411. The third kappa shape index (κ3) is 4.05. The van der Waals surface area contributed by atoms with Crippen molar-refractivity contribution in [1.29, 1.82) is 0 Å². The van der Waals surface area contributed by atoms with Gasteiger partial charge in [0.15, 0.2) is 0 Å². The van der Waals surface area contributed by atoms with Crippen LogP contribution in [0.1, 0.15) is 74.9 Å². The molecule has 1 aromatic heterocycles. The standard InChI is InChI=1S/C17H30N2S/c1-5-13-7-8-14(10-13)17-19-15(9-12(3)4)16(20-17)11-18-6-2/h12-14,18H,5-11H2,1-4H3. The Morgan fingerprint density at radius 1 is 1.30 bits per heavy atom. The molecule has 1 heterocycles. The van der Waals surface area contributed by atoms with Crippen molar-refractivity contribution in [1.82, 2.24) is 10.3 Å². The van der Waals surface area contributed by atoms with E-state index in [2.05, 4.69) is 33.0 Å². The summed E-state index contributed by atoms with van der Waals surface area (Å²) in [5.41, 5.74) is 1.36. The second-order valence-electron chi connectivity index (χ2n) is 6.58. The van der Waals surface area contributed by atoms with Crippen molar-refractivity contribution in [3.63, 3.8) is 0 Å². The van der Waals surface area contributed by atoms with Gasteiger partial charge in [-0.2, -0.15) is 0 Å². The molecule has 20 heavy (non-hydrogen) atoms.